The van der Waals surface area contributed by atoms with Gasteiger partial charge >= 0.3 is 34.5 Å². The van der Waals surface area contributed by atoms with Crippen molar-refractivity contribution < 1.29 is 24.6 Å². The summed E-state index contributed by atoms with van der Waals surface area (Å²) in [6, 6.07) is 65.0. The molecule has 55 heavy (non-hydrogen) atoms. The van der Waals surface area contributed by atoms with Gasteiger partial charge in [0.1, 0.15) is 11.5 Å². The van der Waals surface area contributed by atoms with E-state index in [4.69, 9.17) is 28.9 Å². The molecule has 0 saturated carbocycles. The molecule has 0 aliphatic rings. The van der Waals surface area contributed by atoms with Crippen LogP contribution in [0.5, 0.6) is 11.5 Å². The first kappa shape index (κ1) is 42.3. The predicted octanol–water partition coefficient (Wildman–Crippen LogP) is 11.4. The van der Waals surface area contributed by atoms with Gasteiger partial charge in [0.05, 0.1) is 14.2 Å². The molecular weight excluding hydrogens is 842 g/mol. The molecule has 7 heteroatoms. The molecule has 0 aromatic heterocycles. The van der Waals surface area contributed by atoms with Crippen molar-refractivity contribution >= 4 is 67.1 Å². The Hall–Kier alpha value is -3.80. The number of aryl methyl sites for hydroxylation is 1. The van der Waals surface area contributed by atoms with Crippen molar-refractivity contribution in [3.05, 3.63) is 193 Å². The fourth-order valence-electron chi connectivity index (χ4n) is 6.37. The average Bonchev–Trinajstić information content (AvgIpc) is 3.23. The van der Waals surface area contributed by atoms with E-state index in [1.54, 1.807) is 14.2 Å². The van der Waals surface area contributed by atoms with Gasteiger partial charge in [-0.1, -0.05) is 189 Å². The third-order valence-corrected chi connectivity index (χ3v) is 13.9. The monoisotopic (exact) mass is 888 g/mol. The summed E-state index contributed by atoms with van der Waals surface area (Å²) >= 11 is -0.346. The van der Waals surface area contributed by atoms with Crippen LogP contribution in [0, 0.1) is 6.92 Å². The molecule has 0 fully saturated rings. The van der Waals surface area contributed by atoms with Gasteiger partial charge in [-0.15, -0.1) is 0 Å². The van der Waals surface area contributed by atoms with Crippen molar-refractivity contribution in [2.45, 2.75) is 26.7 Å². The fourth-order valence-corrected chi connectivity index (χ4v) is 11.3. The molecule has 0 bridgehead atoms. The van der Waals surface area contributed by atoms with Crippen molar-refractivity contribution in [3.63, 3.8) is 0 Å². The molecule has 0 atom stereocenters. The zero-order valence-electron chi connectivity index (χ0n) is 31.7. The Labute approximate surface area is 346 Å². The third kappa shape index (κ3) is 11.2. The molecule has 0 spiro atoms. The molecule has 0 unspecified atom stereocenters. The van der Waals surface area contributed by atoms with Crippen LogP contribution in [-0.2, 0) is 15.1 Å². The van der Waals surface area contributed by atoms with Crippen LogP contribution in [0.3, 0.4) is 0 Å². The van der Waals surface area contributed by atoms with Crippen LogP contribution in [-0.4, -0.2) is 14.2 Å². The SMILES string of the molecule is COc1cccc(P(c2ccccc2)c2ccccc2)c1-c1c(OC)cccc1P(c1ccccc1)c1ccccc1.Cc1ccc(C(C)C)cc1.[Cl][Ru][Cl]. The molecule has 0 amide bonds. The summed E-state index contributed by atoms with van der Waals surface area (Å²) in [6.07, 6.45) is 0. The van der Waals surface area contributed by atoms with Gasteiger partial charge in [-0.05, 0) is 78.2 Å². The number of benzene rings is 7. The van der Waals surface area contributed by atoms with Crippen LogP contribution in [0.15, 0.2) is 182 Å². The number of halogens is 2. The van der Waals surface area contributed by atoms with Crippen LogP contribution >= 0.6 is 35.2 Å². The van der Waals surface area contributed by atoms with Crippen LogP contribution in [0.2, 0.25) is 0 Å². The second-order valence-corrected chi connectivity index (χ2v) is 19.8. The number of hydrogen-bond acceptors (Lipinski definition) is 2. The Morgan fingerprint density at radius 2 is 0.745 bits per heavy atom. The molecule has 282 valence electrons. The van der Waals surface area contributed by atoms with Crippen molar-refractivity contribution in [2.24, 2.45) is 0 Å². The zero-order valence-corrected chi connectivity index (χ0v) is 36.8. The van der Waals surface area contributed by atoms with Gasteiger partial charge in [0.2, 0.25) is 0 Å². The quantitative estimate of drug-likeness (QED) is 0.101. The first-order chi connectivity index (χ1) is 26.9. The van der Waals surface area contributed by atoms with E-state index in [1.165, 1.54) is 43.0 Å². The van der Waals surface area contributed by atoms with Gasteiger partial charge in [0.25, 0.3) is 0 Å². The number of methoxy groups -OCH3 is 2. The van der Waals surface area contributed by atoms with Crippen LogP contribution in [0.1, 0.15) is 30.9 Å². The van der Waals surface area contributed by atoms with Crippen molar-refractivity contribution in [2.75, 3.05) is 14.2 Å². The first-order valence-corrected chi connectivity index (χ1v) is 25.1. The van der Waals surface area contributed by atoms with Crippen molar-refractivity contribution in [1.82, 2.24) is 0 Å². The number of hydrogen-bond donors (Lipinski definition) is 0. The topological polar surface area (TPSA) is 18.5 Å². The molecule has 0 N–H and O–H groups in total. The predicted molar refractivity (Wildman–Crippen MR) is 239 cm³/mol. The summed E-state index contributed by atoms with van der Waals surface area (Å²) in [7, 11) is 11.4. The molecule has 7 aromatic rings. The Kier molecular flexibility index (Phi) is 17.0. The maximum absolute atomic E-state index is 6.17. The normalized spacial score (nSPS) is 10.7. The van der Waals surface area contributed by atoms with E-state index in [2.05, 4.69) is 203 Å². The summed E-state index contributed by atoms with van der Waals surface area (Å²) in [6.45, 7) is 6.54. The third-order valence-electron chi connectivity index (χ3n) is 8.98. The van der Waals surface area contributed by atoms with Gasteiger partial charge in [-0.3, -0.25) is 0 Å². The van der Waals surface area contributed by atoms with Crippen molar-refractivity contribution in [3.8, 4) is 22.6 Å². The molecule has 0 aliphatic carbocycles. The molecule has 7 aromatic carbocycles. The molecule has 2 nitrogen and oxygen atoms in total. The average molecular weight is 889 g/mol. The minimum atomic E-state index is -0.898. The molecule has 0 radical (unpaired) electrons. The van der Waals surface area contributed by atoms with E-state index in [0.717, 1.165) is 22.6 Å². The van der Waals surface area contributed by atoms with E-state index < -0.39 is 15.8 Å². The van der Waals surface area contributed by atoms with Gasteiger partial charge in [0.15, 0.2) is 0 Å². The van der Waals surface area contributed by atoms with Gasteiger partial charge in [0, 0.05) is 11.1 Å². The Balaban J connectivity index is 0.000000381. The number of ether oxygens (including phenoxy) is 2. The van der Waals surface area contributed by atoms with Gasteiger partial charge in [-0.2, -0.15) is 0 Å². The van der Waals surface area contributed by atoms with E-state index in [0.29, 0.717) is 5.92 Å². The summed E-state index contributed by atoms with van der Waals surface area (Å²) in [5.74, 6) is 2.34. The standard InChI is InChI=1S/C38H32O2P2.C10H14.2ClH.Ru/c1-39-33-25-15-27-35(41(29-17-7-3-8-18-29)30-19-9-4-10-20-30)37(33)38-34(40-2)26-16-28-36(38)42(31-21-11-5-12-22-31)32-23-13-6-14-24-32;1-8(2)10-6-4-9(3)5-7-10;;;/h3-28H,1-2H3;4-8H,1-3H3;2*1H;/q;;;;+2/p-2. The van der Waals surface area contributed by atoms with E-state index in [1.807, 2.05) is 0 Å². The molecule has 0 saturated heterocycles. The minimum absolute atomic E-state index is 0.346. The molecule has 7 rings (SSSR count). The van der Waals surface area contributed by atoms with Gasteiger partial charge < -0.3 is 9.47 Å². The number of rotatable bonds is 10. The second kappa shape index (κ2) is 22.1. The van der Waals surface area contributed by atoms with Crippen molar-refractivity contribution in [1.29, 1.82) is 0 Å². The van der Waals surface area contributed by atoms with Gasteiger partial charge in [-0.25, -0.2) is 0 Å². The van der Waals surface area contributed by atoms with Crippen LogP contribution in [0.4, 0.5) is 0 Å². The first-order valence-electron chi connectivity index (χ1n) is 18.0. The Bertz CT molecular complexity index is 1960. The molecule has 0 aliphatic heterocycles. The van der Waals surface area contributed by atoms with E-state index >= 15 is 0 Å². The zero-order chi connectivity index (χ0) is 39.0. The summed E-state index contributed by atoms with van der Waals surface area (Å²) < 4.78 is 12.3. The van der Waals surface area contributed by atoms with E-state index in [-0.39, 0.29) is 15.1 Å². The summed E-state index contributed by atoms with van der Waals surface area (Å²) in [4.78, 5) is 0. The summed E-state index contributed by atoms with van der Waals surface area (Å²) in [5.41, 5.74) is 4.94. The second-order valence-electron chi connectivity index (χ2n) is 12.8. The Morgan fingerprint density at radius 3 is 1.02 bits per heavy atom. The van der Waals surface area contributed by atoms with Crippen LogP contribution < -0.4 is 41.3 Å². The summed E-state index contributed by atoms with van der Waals surface area (Å²) in [5, 5.41) is 7.64. The Morgan fingerprint density at radius 1 is 0.436 bits per heavy atom. The van der Waals surface area contributed by atoms with Crippen LogP contribution in [0.25, 0.3) is 11.1 Å². The van der Waals surface area contributed by atoms with E-state index in [9.17, 15) is 0 Å². The maximum atomic E-state index is 6.17. The molecule has 0 heterocycles. The fraction of sp³-hybridized carbons (Fsp3) is 0.125. The molecular formula is C48H46Cl2O2P2Ru.